The Kier molecular flexibility index (Phi) is 11.6. The van der Waals surface area contributed by atoms with Gasteiger partial charge >= 0.3 is 5.97 Å². The van der Waals surface area contributed by atoms with Crippen LogP contribution in [0.25, 0.3) is 0 Å². The fraction of sp³-hybridized carbons (Fsp3) is 0.526. The van der Waals surface area contributed by atoms with Crippen molar-refractivity contribution in [1.29, 1.82) is 0 Å². The minimum Gasteiger partial charge on any atom is -0.465 e. The minimum absolute atomic E-state index is 0.156. The van der Waals surface area contributed by atoms with Crippen molar-refractivity contribution >= 4 is 23.5 Å². The quantitative estimate of drug-likeness (QED) is 0.285. The van der Waals surface area contributed by atoms with Crippen molar-refractivity contribution in [1.82, 2.24) is 15.3 Å². The number of nitrogens with one attached hydrogen (secondary N) is 1. The molecule has 2 aliphatic carbocycles. The maximum absolute atomic E-state index is 14.1. The van der Waals surface area contributed by atoms with E-state index in [1.54, 1.807) is 6.07 Å². The number of halogens is 1. The van der Waals surface area contributed by atoms with Crippen LogP contribution in [0.1, 0.15) is 91.9 Å². The summed E-state index contributed by atoms with van der Waals surface area (Å²) in [6.07, 6.45) is 4.35. The highest BCUT2D eigenvalue weighted by atomic mass is 19.1. The smallest absolute Gasteiger partial charge is 0.339 e. The molecule has 3 aromatic rings. The molecule has 11 nitrogen and oxygen atoms in total. The number of hydrogen-bond acceptors (Lipinski definition) is 10. The van der Waals surface area contributed by atoms with Crippen LogP contribution in [0.4, 0.5) is 16.0 Å². The molecule has 1 N–H and O–H groups in total. The molecule has 1 amide bonds. The number of ether oxygens (including phenoxy) is 4. The number of benzene rings is 1. The number of anilines is 2. The normalized spacial score (nSPS) is 17.5. The van der Waals surface area contributed by atoms with Gasteiger partial charge in [0.2, 0.25) is 0 Å². The van der Waals surface area contributed by atoms with Crippen LogP contribution in [0.15, 0.2) is 30.3 Å². The molecule has 4 aliphatic rings. The summed E-state index contributed by atoms with van der Waals surface area (Å²) in [6.45, 7) is 10.6. The molecule has 0 atom stereocenters. The van der Waals surface area contributed by atoms with E-state index in [1.807, 2.05) is 32.0 Å². The molecule has 2 saturated heterocycles. The molecule has 0 radical (unpaired) electrons. The van der Waals surface area contributed by atoms with E-state index in [1.165, 1.54) is 20.3 Å². The average Bonchev–Trinajstić information content (AvgIpc) is 4.06. The molecule has 4 fully saturated rings. The topological polar surface area (TPSA) is 115 Å². The summed E-state index contributed by atoms with van der Waals surface area (Å²) in [5.41, 5.74) is 6.21. The summed E-state index contributed by atoms with van der Waals surface area (Å²) in [6, 6.07) is 8.93. The molecule has 12 heteroatoms. The van der Waals surface area contributed by atoms with E-state index >= 15 is 0 Å². The van der Waals surface area contributed by atoms with Gasteiger partial charge in [0.1, 0.15) is 17.5 Å². The minimum atomic E-state index is -0.324. The Morgan fingerprint density at radius 3 is 1.82 bits per heavy atom. The zero-order chi connectivity index (χ0) is 35.2. The van der Waals surface area contributed by atoms with E-state index in [0.29, 0.717) is 47.3 Å². The molecule has 2 saturated carbocycles. The number of amides is 1. The number of carbonyl (C=O) groups excluding carboxylic acids is 2. The zero-order valence-corrected chi connectivity index (χ0v) is 29.6. The number of nitrogens with zero attached hydrogens (tertiary/aromatic N) is 4. The van der Waals surface area contributed by atoms with Crippen LogP contribution in [-0.2, 0) is 32.1 Å². The lowest BCUT2D eigenvalue weighted by molar-refractivity contribution is 0.0597. The fourth-order valence-corrected chi connectivity index (χ4v) is 6.48. The Balaban J connectivity index is 0.000000187. The van der Waals surface area contributed by atoms with Gasteiger partial charge in [-0.3, -0.25) is 4.79 Å². The average molecular weight is 690 g/mol. The first-order valence-electron chi connectivity index (χ1n) is 17.6. The molecule has 2 aromatic heterocycles. The Labute approximate surface area is 293 Å². The van der Waals surface area contributed by atoms with Crippen LogP contribution >= 0.6 is 0 Å². The first kappa shape index (κ1) is 35.7. The lowest BCUT2D eigenvalue weighted by atomic mass is 10.0. The predicted octanol–water partition coefficient (Wildman–Crippen LogP) is 5.21. The number of morpholine rings is 2. The molecule has 2 aliphatic heterocycles. The maximum atomic E-state index is 14.1. The van der Waals surface area contributed by atoms with Crippen molar-refractivity contribution in [3.8, 4) is 0 Å². The van der Waals surface area contributed by atoms with Crippen molar-refractivity contribution < 1.29 is 32.9 Å². The summed E-state index contributed by atoms with van der Waals surface area (Å²) in [7, 11) is 2.96. The number of pyridine rings is 2. The first-order valence-corrected chi connectivity index (χ1v) is 17.6. The highest BCUT2D eigenvalue weighted by molar-refractivity contribution is 5.97. The van der Waals surface area contributed by atoms with Gasteiger partial charge in [-0.2, -0.15) is 0 Å². The zero-order valence-electron chi connectivity index (χ0n) is 29.6. The van der Waals surface area contributed by atoms with E-state index in [0.717, 1.165) is 99.2 Å². The number of carbonyl (C=O) groups is 2. The molecular formula is C38H48FN5O6. The van der Waals surface area contributed by atoms with Gasteiger partial charge in [0.05, 0.1) is 62.7 Å². The third-order valence-corrected chi connectivity index (χ3v) is 9.55. The van der Waals surface area contributed by atoms with E-state index in [9.17, 15) is 14.0 Å². The molecule has 7 rings (SSSR count). The van der Waals surface area contributed by atoms with Crippen molar-refractivity contribution in [3.05, 3.63) is 80.9 Å². The van der Waals surface area contributed by atoms with E-state index in [4.69, 9.17) is 28.9 Å². The maximum Gasteiger partial charge on any atom is 0.339 e. The van der Waals surface area contributed by atoms with Crippen molar-refractivity contribution in [2.75, 3.05) is 76.6 Å². The van der Waals surface area contributed by atoms with Crippen molar-refractivity contribution in [2.24, 2.45) is 0 Å². The standard InChI is InChI=1S/C23H28FN3O3.C15H20N2O3/c1-15-11-20(27-7-9-30-10-8-27)26-22(17-5-6-17)21(15)23(28)25-13-16-3-4-18(14-29-2)19(24)12-16;1-10-9-12(17-5-7-20-8-6-17)16-14(11-3-4-11)13(10)15(18)19-2/h3-4,11-12,17H,5-10,13-14H2,1-2H3,(H,25,28);9,11H,3-8H2,1-2H3. The van der Waals surface area contributed by atoms with E-state index < -0.39 is 0 Å². The third-order valence-electron chi connectivity index (χ3n) is 9.55. The number of aromatic nitrogens is 2. The number of methoxy groups -OCH3 is 2. The largest absolute Gasteiger partial charge is 0.465 e. The van der Waals surface area contributed by atoms with Crippen molar-refractivity contribution in [3.63, 3.8) is 0 Å². The van der Waals surface area contributed by atoms with Gasteiger partial charge in [0.25, 0.3) is 5.91 Å². The molecule has 4 heterocycles. The number of rotatable bonds is 10. The van der Waals surface area contributed by atoms with Gasteiger partial charge in [0, 0.05) is 57.2 Å². The molecule has 268 valence electrons. The van der Waals surface area contributed by atoms with Crippen LogP contribution in [-0.4, -0.2) is 88.7 Å². The number of aryl methyl sites for hydroxylation is 2. The Bertz CT molecular complexity index is 1680. The summed E-state index contributed by atoms with van der Waals surface area (Å²) in [5.74, 6) is 1.89. The molecular weight excluding hydrogens is 641 g/mol. The second-order valence-electron chi connectivity index (χ2n) is 13.4. The van der Waals surface area contributed by atoms with Crippen LogP contribution in [0.3, 0.4) is 0 Å². The highest BCUT2D eigenvalue weighted by Crippen LogP contribution is 2.43. The predicted molar refractivity (Wildman–Crippen MR) is 188 cm³/mol. The summed E-state index contributed by atoms with van der Waals surface area (Å²) in [5, 5.41) is 2.95. The van der Waals surface area contributed by atoms with Gasteiger partial charge in [-0.15, -0.1) is 0 Å². The van der Waals surface area contributed by atoms with Crippen LogP contribution in [0, 0.1) is 19.7 Å². The number of esters is 1. The second kappa shape index (κ2) is 16.3. The molecule has 0 unspecified atom stereocenters. The Hall–Kier alpha value is -4.13. The molecule has 50 heavy (non-hydrogen) atoms. The lowest BCUT2D eigenvalue weighted by Gasteiger charge is -2.29. The van der Waals surface area contributed by atoms with Crippen molar-refractivity contribution in [2.45, 2.75) is 64.5 Å². The highest BCUT2D eigenvalue weighted by Gasteiger charge is 2.33. The summed E-state index contributed by atoms with van der Waals surface area (Å²) < 4.78 is 34.8. The lowest BCUT2D eigenvalue weighted by Crippen LogP contribution is -2.37. The van der Waals surface area contributed by atoms with Gasteiger partial charge < -0.3 is 34.1 Å². The van der Waals surface area contributed by atoms with Crippen LogP contribution in [0.5, 0.6) is 0 Å². The van der Waals surface area contributed by atoms with Gasteiger partial charge in [-0.05, 0) is 74.4 Å². The van der Waals surface area contributed by atoms with Gasteiger partial charge in [-0.1, -0.05) is 12.1 Å². The van der Waals surface area contributed by atoms with Gasteiger partial charge in [0.15, 0.2) is 0 Å². The molecule has 0 spiro atoms. The summed E-state index contributed by atoms with van der Waals surface area (Å²) in [4.78, 5) is 39.1. The second-order valence-corrected chi connectivity index (χ2v) is 13.4. The van der Waals surface area contributed by atoms with E-state index in [2.05, 4.69) is 15.1 Å². The SMILES string of the molecule is COC(=O)c1c(C)cc(N2CCOCC2)nc1C1CC1.COCc1ccc(CNC(=O)c2c(C)cc(N3CCOCC3)nc2C2CC2)cc1F. The van der Waals surface area contributed by atoms with Gasteiger partial charge in [-0.25, -0.2) is 19.2 Å². The Morgan fingerprint density at radius 2 is 1.34 bits per heavy atom. The monoisotopic (exact) mass is 689 g/mol. The van der Waals surface area contributed by atoms with Crippen LogP contribution < -0.4 is 15.1 Å². The number of hydrogen-bond donors (Lipinski definition) is 1. The molecule has 0 bridgehead atoms. The fourth-order valence-electron chi connectivity index (χ4n) is 6.48. The third kappa shape index (κ3) is 8.59. The van der Waals surface area contributed by atoms with Crippen LogP contribution in [0.2, 0.25) is 0 Å². The van der Waals surface area contributed by atoms with E-state index in [-0.39, 0.29) is 30.8 Å². The Morgan fingerprint density at radius 1 is 0.820 bits per heavy atom. The molecule has 1 aromatic carbocycles. The summed E-state index contributed by atoms with van der Waals surface area (Å²) >= 11 is 0. The first-order chi connectivity index (χ1) is 24.3.